The molecule has 3 unspecified atom stereocenters. The fourth-order valence-corrected chi connectivity index (χ4v) is 3.80. The number of aliphatic hydroxyl groups is 1. The molecule has 0 amide bonds. The number of rotatable bonds is 2. The third-order valence-corrected chi connectivity index (χ3v) is 4.72. The summed E-state index contributed by atoms with van der Waals surface area (Å²) in [6.45, 7) is 2.87. The molecule has 0 spiro atoms. The van der Waals surface area contributed by atoms with Crippen molar-refractivity contribution in [2.24, 2.45) is 17.3 Å². The lowest BCUT2D eigenvalue weighted by atomic mass is 9.65. The van der Waals surface area contributed by atoms with Gasteiger partial charge in [-0.3, -0.25) is 0 Å². The van der Waals surface area contributed by atoms with E-state index >= 15 is 0 Å². The van der Waals surface area contributed by atoms with Gasteiger partial charge in [-0.15, -0.1) is 0 Å². The van der Waals surface area contributed by atoms with Gasteiger partial charge in [-0.1, -0.05) is 19.8 Å². The first-order chi connectivity index (χ1) is 6.27. The first-order valence-electron chi connectivity index (χ1n) is 5.88. The molecule has 2 rings (SSSR count). The van der Waals surface area contributed by atoms with Gasteiger partial charge in [-0.2, -0.15) is 0 Å². The Hall–Kier alpha value is -0.0400. The van der Waals surface area contributed by atoms with Crippen LogP contribution in [0.2, 0.25) is 0 Å². The van der Waals surface area contributed by atoms with E-state index in [1.165, 1.54) is 38.5 Å². The number of aliphatic hydroxyl groups excluding tert-OH is 1. The predicted molar refractivity (Wildman–Crippen MR) is 54.5 cm³/mol. The van der Waals surface area contributed by atoms with Gasteiger partial charge in [-0.25, -0.2) is 0 Å². The van der Waals surface area contributed by atoms with Gasteiger partial charge in [0.1, 0.15) is 0 Å². The van der Waals surface area contributed by atoms with Crippen molar-refractivity contribution in [3.63, 3.8) is 0 Å². The molecule has 0 aliphatic heterocycles. The van der Waals surface area contributed by atoms with Crippen LogP contribution >= 0.6 is 0 Å². The minimum Gasteiger partial charge on any atom is -0.396 e. The Morgan fingerprint density at radius 2 is 2.08 bits per heavy atom. The Bertz CT molecular complexity index is 178. The Morgan fingerprint density at radius 3 is 2.85 bits per heavy atom. The molecule has 1 nitrogen and oxygen atoms in total. The standard InChI is InChI=1S/C12H22O/c1-12-8-3-2-4-10(12)5-6-11(12)7-9-13/h10-11,13H,2-9H2,1H3. The zero-order valence-electron chi connectivity index (χ0n) is 8.76. The van der Waals surface area contributed by atoms with Crippen LogP contribution < -0.4 is 0 Å². The van der Waals surface area contributed by atoms with E-state index in [0.717, 1.165) is 18.3 Å². The van der Waals surface area contributed by atoms with Crippen LogP contribution in [0.5, 0.6) is 0 Å². The fourth-order valence-electron chi connectivity index (χ4n) is 3.80. The third-order valence-electron chi connectivity index (χ3n) is 4.72. The molecule has 0 aromatic carbocycles. The molecule has 3 atom stereocenters. The topological polar surface area (TPSA) is 20.2 Å². The number of hydrogen-bond acceptors (Lipinski definition) is 1. The van der Waals surface area contributed by atoms with Crippen LogP contribution in [0.25, 0.3) is 0 Å². The smallest absolute Gasteiger partial charge is 0.0433 e. The normalized spacial score (nSPS) is 44.8. The summed E-state index contributed by atoms with van der Waals surface area (Å²) in [7, 11) is 0. The molecule has 1 N–H and O–H groups in total. The van der Waals surface area contributed by atoms with E-state index in [1.807, 2.05) is 0 Å². The van der Waals surface area contributed by atoms with E-state index in [-0.39, 0.29) is 0 Å². The zero-order chi connectivity index (χ0) is 9.31. The summed E-state index contributed by atoms with van der Waals surface area (Å²) in [5.74, 6) is 1.81. The van der Waals surface area contributed by atoms with Crippen LogP contribution in [-0.2, 0) is 0 Å². The molecule has 0 aromatic heterocycles. The van der Waals surface area contributed by atoms with Crippen LogP contribution in [0.4, 0.5) is 0 Å². The van der Waals surface area contributed by atoms with Crippen LogP contribution in [0.15, 0.2) is 0 Å². The fraction of sp³-hybridized carbons (Fsp3) is 1.00. The molecule has 0 heterocycles. The Morgan fingerprint density at radius 1 is 1.23 bits per heavy atom. The average Bonchev–Trinajstić information content (AvgIpc) is 2.45. The van der Waals surface area contributed by atoms with Gasteiger partial charge in [0.15, 0.2) is 0 Å². The Labute approximate surface area is 81.5 Å². The zero-order valence-corrected chi connectivity index (χ0v) is 8.76. The van der Waals surface area contributed by atoms with Crippen molar-refractivity contribution in [3.05, 3.63) is 0 Å². The van der Waals surface area contributed by atoms with E-state index < -0.39 is 0 Å². The quantitative estimate of drug-likeness (QED) is 0.696. The van der Waals surface area contributed by atoms with E-state index in [4.69, 9.17) is 5.11 Å². The molecule has 0 radical (unpaired) electrons. The van der Waals surface area contributed by atoms with Crippen molar-refractivity contribution in [2.45, 2.75) is 51.9 Å². The highest BCUT2D eigenvalue weighted by molar-refractivity contribution is 4.96. The summed E-state index contributed by atoms with van der Waals surface area (Å²) >= 11 is 0. The van der Waals surface area contributed by atoms with Gasteiger partial charge in [-0.05, 0) is 49.4 Å². The molecule has 76 valence electrons. The highest BCUT2D eigenvalue weighted by Gasteiger charge is 2.46. The summed E-state index contributed by atoms with van der Waals surface area (Å²) in [5.41, 5.74) is 0.598. The van der Waals surface area contributed by atoms with E-state index in [1.54, 1.807) is 0 Å². The lowest BCUT2D eigenvalue weighted by Gasteiger charge is -2.40. The molecule has 2 fully saturated rings. The van der Waals surface area contributed by atoms with Crippen molar-refractivity contribution >= 4 is 0 Å². The van der Waals surface area contributed by atoms with Crippen LogP contribution in [-0.4, -0.2) is 11.7 Å². The summed E-state index contributed by atoms with van der Waals surface area (Å²) in [6.07, 6.45) is 9.61. The van der Waals surface area contributed by atoms with E-state index in [2.05, 4.69) is 6.92 Å². The van der Waals surface area contributed by atoms with Gasteiger partial charge in [0, 0.05) is 6.61 Å². The van der Waals surface area contributed by atoms with Crippen molar-refractivity contribution in [2.75, 3.05) is 6.61 Å². The molecule has 2 aliphatic rings. The molecule has 0 saturated heterocycles. The second-order valence-electron chi connectivity index (χ2n) is 5.24. The summed E-state index contributed by atoms with van der Waals surface area (Å²) in [6, 6.07) is 0. The predicted octanol–water partition coefficient (Wildman–Crippen LogP) is 2.98. The average molecular weight is 182 g/mol. The Balaban J connectivity index is 2.07. The highest BCUT2D eigenvalue weighted by atomic mass is 16.3. The summed E-state index contributed by atoms with van der Waals surface area (Å²) < 4.78 is 0. The maximum absolute atomic E-state index is 9.03. The van der Waals surface area contributed by atoms with Crippen LogP contribution in [0.3, 0.4) is 0 Å². The van der Waals surface area contributed by atoms with E-state index in [0.29, 0.717) is 12.0 Å². The van der Waals surface area contributed by atoms with Crippen LogP contribution in [0.1, 0.15) is 51.9 Å². The number of hydrogen-bond donors (Lipinski definition) is 1. The van der Waals surface area contributed by atoms with Gasteiger partial charge in [0.2, 0.25) is 0 Å². The van der Waals surface area contributed by atoms with Crippen molar-refractivity contribution < 1.29 is 5.11 Å². The SMILES string of the molecule is CC12CCCCC1CCC2CCO. The Kier molecular flexibility index (Phi) is 2.64. The van der Waals surface area contributed by atoms with Gasteiger partial charge >= 0.3 is 0 Å². The lowest BCUT2D eigenvalue weighted by molar-refractivity contribution is 0.0827. The second kappa shape index (κ2) is 3.61. The van der Waals surface area contributed by atoms with Gasteiger partial charge in [0.25, 0.3) is 0 Å². The molecule has 0 bridgehead atoms. The minimum absolute atomic E-state index is 0.396. The molecule has 13 heavy (non-hydrogen) atoms. The van der Waals surface area contributed by atoms with Crippen molar-refractivity contribution in [1.82, 2.24) is 0 Å². The molecule has 1 heteroatoms. The maximum atomic E-state index is 9.03. The largest absolute Gasteiger partial charge is 0.396 e. The number of fused-ring (bicyclic) bond motifs is 1. The van der Waals surface area contributed by atoms with Gasteiger partial charge < -0.3 is 5.11 Å². The molecule has 2 aliphatic carbocycles. The second-order valence-corrected chi connectivity index (χ2v) is 5.24. The van der Waals surface area contributed by atoms with Gasteiger partial charge in [0.05, 0.1) is 0 Å². The summed E-state index contributed by atoms with van der Waals surface area (Å²) in [4.78, 5) is 0. The first kappa shape index (κ1) is 9.51. The molecular formula is C12H22O. The molecular weight excluding hydrogens is 160 g/mol. The molecule has 2 saturated carbocycles. The monoisotopic (exact) mass is 182 g/mol. The van der Waals surface area contributed by atoms with Crippen LogP contribution in [0, 0.1) is 17.3 Å². The van der Waals surface area contributed by atoms with Crippen molar-refractivity contribution in [3.8, 4) is 0 Å². The first-order valence-corrected chi connectivity index (χ1v) is 5.88. The van der Waals surface area contributed by atoms with E-state index in [9.17, 15) is 0 Å². The summed E-state index contributed by atoms with van der Waals surface area (Å²) in [5, 5.41) is 9.03. The maximum Gasteiger partial charge on any atom is 0.0433 e. The highest BCUT2D eigenvalue weighted by Crippen LogP contribution is 2.56. The lowest BCUT2D eigenvalue weighted by Crippen LogP contribution is -2.32. The third kappa shape index (κ3) is 1.52. The minimum atomic E-state index is 0.396. The van der Waals surface area contributed by atoms with Crippen molar-refractivity contribution in [1.29, 1.82) is 0 Å². The molecule has 0 aromatic rings.